The topological polar surface area (TPSA) is 72.5 Å². The van der Waals surface area contributed by atoms with Gasteiger partial charge in [-0.2, -0.15) is 0 Å². The van der Waals surface area contributed by atoms with Crippen LogP contribution >= 0.6 is 0 Å². The summed E-state index contributed by atoms with van der Waals surface area (Å²) in [5, 5.41) is 8.96. The summed E-state index contributed by atoms with van der Waals surface area (Å²) >= 11 is 0. The van der Waals surface area contributed by atoms with Gasteiger partial charge in [-0.05, 0) is 51.0 Å². The summed E-state index contributed by atoms with van der Waals surface area (Å²) in [5.74, 6) is -0.273. The lowest BCUT2D eigenvalue weighted by molar-refractivity contribution is -0.143. The zero-order valence-electron chi connectivity index (χ0n) is 11.4. The predicted octanol–water partition coefficient (Wildman–Crippen LogP) is 2.26. The van der Waals surface area contributed by atoms with Crippen LogP contribution in [0.5, 0.6) is 5.75 Å². The Labute approximate surface area is 108 Å². The fraction of sp³-hybridized carbons (Fsp3) is 0.500. The average molecular weight is 251 g/mol. The minimum atomic E-state index is -1.26. The Balaban J connectivity index is 2.67. The highest BCUT2D eigenvalue weighted by molar-refractivity contribution is 5.77. The van der Waals surface area contributed by atoms with Crippen LogP contribution in [0.1, 0.15) is 31.4 Å². The molecule has 0 aromatic heterocycles. The number of carboxylic acids is 1. The third kappa shape index (κ3) is 3.74. The molecule has 0 saturated heterocycles. The predicted molar refractivity (Wildman–Crippen MR) is 70.9 cm³/mol. The molecule has 0 aliphatic carbocycles. The van der Waals surface area contributed by atoms with Gasteiger partial charge in [0.1, 0.15) is 11.3 Å². The van der Waals surface area contributed by atoms with Gasteiger partial charge in [-0.25, -0.2) is 0 Å². The smallest absolute Gasteiger partial charge is 0.323 e. The number of nitrogens with two attached hydrogens (primary N) is 1. The summed E-state index contributed by atoms with van der Waals surface area (Å²) in [6.45, 7) is 7.36. The van der Waals surface area contributed by atoms with Gasteiger partial charge in [0.15, 0.2) is 0 Å². The van der Waals surface area contributed by atoms with Gasteiger partial charge in [0.25, 0.3) is 0 Å². The molecular weight excluding hydrogens is 230 g/mol. The van der Waals surface area contributed by atoms with Crippen LogP contribution in [-0.4, -0.2) is 22.7 Å². The molecule has 18 heavy (non-hydrogen) atoms. The van der Waals surface area contributed by atoms with Crippen LogP contribution in [0.3, 0.4) is 0 Å². The first-order valence-electron chi connectivity index (χ1n) is 5.98. The third-order valence-corrected chi connectivity index (χ3v) is 3.02. The fourth-order valence-electron chi connectivity index (χ4n) is 1.75. The quantitative estimate of drug-likeness (QED) is 0.842. The molecule has 0 saturated carbocycles. The van der Waals surface area contributed by atoms with E-state index in [9.17, 15) is 4.79 Å². The van der Waals surface area contributed by atoms with E-state index in [1.807, 2.05) is 39.0 Å². The zero-order chi connectivity index (χ0) is 13.9. The van der Waals surface area contributed by atoms with Crippen molar-refractivity contribution in [3.63, 3.8) is 0 Å². The number of aliphatic carboxylic acids is 1. The molecule has 2 unspecified atom stereocenters. The summed E-state index contributed by atoms with van der Waals surface area (Å²) in [6.07, 6.45) is 0.00752. The molecule has 1 rings (SSSR count). The van der Waals surface area contributed by atoms with Gasteiger partial charge in [0.05, 0.1) is 6.10 Å². The van der Waals surface area contributed by atoms with E-state index in [0.717, 1.165) is 11.3 Å². The first-order valence-corrected chi connectivity index (χ1v) is 5.98. The van der Waals surface area contributed by atoms with Crippen molar-refractivity contribution in [2.24, 2.45) is 5.73 Å². The Morgan fingerprint density at radius 1 is 1.44 bits per heavy atom. The van der Waals surface area contributed by atoms with Crippen molar-refractivity contribution in [2.75, 3.05) is 0 Å². The molecule has 100 valence electrons. The average Bonchev–Trinajstić information content (AvgIpc) is 2.22. The van der Waals surface area contributed by atoms with Crippen molar-refractivity contribution >= 4 is 5.97 Å². The third-order valence-electron chi connectivity index (χ3n) is 3.02. The van der Waals surface area contributed by atoms with Gasteiger partial charge in [-0.1, -0.05) is 6.07 Å². The summed E-state index contributed by atoms with van der Waals surface area (Å²) in [7, 11) is 0. The molecule has 0 aliphatic rings. The van der Waals surface area contributed by atoms with E-state index >= 15 is 0 Å². The normalized spacial score (nSPS) is 15.8. The molecule has 4 heteroatoms. The Morgan fingerprint density at radius 3 is 2.56 bits per heavy atom. The van der Waals surface area contributed by atoms with Crippen LogP contribution in [-0.2, 0) is 4.79 Å². The van der Waals surface area contributed by atoms with Crippen molar-refractivity contribution in [3.05, 3.63) is 29.3 Å². The SMILES string of the molecule is Cc1ccc(OC(C)CC(C)(N)C(=O)O)cc1C. The first kappa shape index (κ1) is 14.5. The van der Waals surface area contributed by atoms with Gasteiger partial charge in [-0.3, -0.25) is 4.79 Å². The van der Waals surface area contributed by atoms with E-state index in [1.165, 1.54) is 12.5 Å². The second-order valence-electron chi connectivity index (χ2n) is 5.10. The molecule has 0 amide bonds. The number of ether oxygens (including phenoxy) is 1. The van der Waals surface area contributed by atoms with Crippen LogP contribution in [0.25, 0.3) is 0 Å². The van der Waals surface area contributed by atoms with Crippen LogP contribution in [0.15, 0.2) is 18.2 Å². The minimum absolute atomic E-state index is 0.252. The van der Waals surface area contributed by atoms with Crippen molar-refractivity contribution in [1.82, 2.24) is 0 Å². The second-order valence-corrected chi connectivity index (χ2v) is 5.10. The van der Waals surface area contributed by atoms with Crippen molar-refractivity contribution < 1.29 is 14.6 Å². The van der Waals surface area contributed by atoms with Gasteiger partial charge >= 0.3 is 5.97 Å². The largest absolute Gasteiger partial charge is 0.491 e. The van der Waals surface area contributed by atoms with E-state index in [4.69, 9.17) is 15.6 Å². The van der Waals surface area contributed by atoms with Crippen LogP contribution in [0, 0.1) is 13.8 Å². The lowest BCUT2D eigenvalue weighted by Gasteiger charge is -2.24. The van der Waals surface area contributed by atoms with Crippen molar-refractivity contribution in [1.29, 1.82) is 0 Å². The van der Waals surface area contributed by atoms with E-state index in [2.05, 4.69) is 0 Å². The van der Waals surface area contributed by atoms with Crippen molar-refractivity contribution in [3.8, 4) is 5.75 Å². The van der Waals surface area contributed by atoms with Gasteiger partial charge in [-0.15, -0.1) is 0 Å². The highest BCUT2D eigenvalue weighted by Gasteiger charge is 2.30. The number of hydrogen-bond donors (Lipinski definition) is 2. The number of rotatable bonds is 5. The van der Waals surface area contributed by atoms with Gasteiger partial charge in [0.2, 0.25) is 0 Å². The second kappa shape index (κ2) is 5.40. The van der Waals surface area contributed by atoms with Crippen LogP contribution in [0.2, 0.25) is 0 Å². The molecule has 1 aromatic rings. The molecule has 3 N–H and O–H groups in total. The molecule has 2 atom stereocenters. The zero-order valence-corrected chi connectivity index (χ0v) is 11.4. The Hall–Kier alpha value is -1.55. The van der Waals surface area contributed by atoms with E-state index < -0.39 is 11.5 Å². The maximum absolute atomic E-state index is 10.9. The Kier molecular flexibility index (Phi) is 4.35. The summed E-state index contributed by atoms with van der Waals surface area (Å²) in [5.41, 5.74) is 6.77. The summed E-state index contributed by atoms with van der Waals surface area (Å²) in [6, 6.07) is 5.81. The lowest BCUT2D eigenvalue weighted by Crippen LogP contribution is -2.47. The Bertz CT molecular complexity index is 441. The van der Waals surface area contributed by atoms with E-state index in [-0.39, 0.29) is 12.5 Å². The van der Waals surface area contributed by atoms with Crippen LogP contribution in [0.4, 0.5) is 0 Å². The summed E-state index contributed by atoms with van der Waals surface area (Å²) < 4.78 is 5.69. The van der Waals surface area contributed by atoms with E-state index in [1.54, 1.807) is 0 Å². The first-order chi connectivity index (χ1) is 8.22. The maximum Gasteiger partial charge on any atom is 0.323 e. The standard InChI is InChI=1S/C14H21NO3/c1-9-5-6-12(7-10(9)2)18-11(3)8-14(4,15)13(16)17/h5-7,11H,8,15H2,1-4H3,(H,16,17). The monoisotopic (exact) mass is 251 g/mol. The molecule has 0 aliphatic heterocycles. The highest BCUT2D eigenvalue weighted by Crippen LogP contribution is 2.20. The van der Waals surface area contributed by atoms with E-state index in [0.29, 0.717) is 0 Å². The van der Waals surface area contributed by atoms with Gasteiger partial charge in [0, 0.05) is 6.42 Å². The molecule has 0 bridgehead atoms. The van der Waals surface area contributed by atoms with Gasteiger partial charge < -0.3 is 15.6 Å². The molecule has 1 aromatic carbocycles. The number of carboxylic acid groups (broad SMARTS) is 1. The van der Waals surface area contributed by atoms with Crippen LogP contribution < -0.4 is 10.5 Å². The molecule has 0 radical (unpaired) electrons. The molecule has 0 fully saturated rings. The lowest BCUT2D eigenvalue weighted by atomic mass is 9.96. The minimum Gasteiger partial charge on any atom is -0.491 e. The molecule has 4 nitrogen and oxygen atoms in total. The number of hydrogen-bond acceptors (Lipinski definition) is 3. The Morgan fingerprint density at radius 2 is 2.06 bits per heavy atom. The summed E-state index contributed by atoms with van der Waals surface area (Å²) in [4.78, 5) is 10.9. The maximum atomic E-state index is 10.9. The number of carbonyl (C=O) groups is 1. The molecular formula is C14H21NO3. The fourth-order valence-corrected chi connectivity index (χ4v) is 1.75. The highest BCUT2D eigenvalue weighted by atomic mass is 16.5. The number of aryl methyl sites for hydroxylation is 2. The number of benzene rings is 1. The molecule has 0 heterocycles. The molecule has 0 spiro atoms. The van der Waals surface area contributed by atoms with Crippen molar-refractivity contribution in [2.45, 2.75) is 45.8 Å².